The van der Waals surface area contributed by atoms with Gasteiger partial charge >= 0.3 is 58.2 Å². The first-order valence-corrected chi connectivity index (χ1v) is 3.12. The van der Waals surface area contributed by atoms with E-state index in [2.05, 4.69) is 11.2 Å². The van der Waals surface area contributed by atoms with Gasteiger partial charge in [-0.3, -0.25) is 0 Å². The van der Waals surface area contributed by atoms with Crippen LogP contribution in [0, 0.1) is 6.26 Å². The van der Waals surface area contributed by atoms with Crippen molar-refractivity contribution in [2.75, 3.05) is 0 Å². The molecule has 0 unspecified atom stereocenters. The van der Waals surface area contributed by atoms with E-state index in [1.807, 2.05) is 13.8 Å². The van der Waals surface area contributed by atoms with Gasteiger partial charge < -0.3 is 9.40 Å². The average Bonchev–Trinajstić information content (AvgIpc) is 2.14. The van der Waals surface area contributed by atoms with Crippen LogP contribution in [0.15, 0.2) is 4.42 Å². The Morgan fingerprint density at radius 1 is 1.60 bits per heavy atom. The van der Waals surface area contributed by atoms with E-state index in [4.69, 9.17) is 16.0 Å². The summed E-state index contributed by atoms with van der Waals surface area (Å²) in [5.74, 6) is 0.925. The smallest absolute Gasteiger partial charge is 0.629 e. The van der Waals surface area contributed by atoms with E-state index >= 15 is 0 Å². The molecule has 0 fully saturated rings. The standard InChI is InChI=1S/C6H7ClNO.Rb/c1-4(2)6-8-5(7)3-9-6;/h4H,1-2H3;/q-1;+1. The van der Waals surface area contributed by atoms with Crippen LogP contribution in [-0.2, 0) is 0 Å². The van der Waals surface area contributed by atoms with Crippen molar-refractivity contribution in [2.24, 2.45) is 0 Å². The molecule has 0 radical (unpaired) electrons. The van der Waals surface area contributed by atoms with Gasteiger partial charge in [0.25, 0.3) is 0 Å². The van der Waals surface area contributed by atoms with Crippen LogP contribution < -0.4 is 58.2 Å². The Morgan fingerprint density at radius 3 is 2.40 bits per heavy atom. The number of aromatic nitrogens is 1. The third-order valence-corrected chi connectivity index (χ3v) is 1.10. The first kappa shape index (κ1) is 11.3. The Bertz CT molecular complexity index is 199. The summed E-state index contributed by atoms with van der Waals surface area (Å²) >= 11 is 5.44. The molecule has 0 aliphatic rings. The zero-order chi connectivity index (χ0) is 6.85. The molecule has 50 valence electrons. The molecule has 2 nitrogen and oxygen atoms in total. The Morgan fingerprint density at radius 2 is 2.20 bits per heavy atom. The van der Waals surface area contributed by atoms with Gasteiger partial charge in [0, 0.05) is 5.89 Å². The summed E-state index contributed by atoms with van der Waals surface area (Å²) in [4.78, 5) is 3.85. The number of nitrogens with zero attached hydrogens (tertiary/aromatic N) is 1. The molecule has 0 aromatic carbocycles. The Labute approximate surface area is 114 Å². The fraction of sp³-hybridized carbons (Fsp3) is 0.500. The minimum absolute atomic E-state index is 0. The van der Waals surface area contributed by atoms with Gasteiger partial charge in [-0.05, 0) is 12.2 Å². The van der Waals surface area contributed by atoms with E-state index in [1.165, 1.54) is 0 Å². The number of hydrogen-bond donors (Lipinski definition) is 0. The second kappa shape index (κ2) is 5.04. The molecule has 10 heavy (non-hydrogen) atoms. The fourth-order valence-electron chi connectivity index (χ4n) is 0.484. The van der Waals surface area contributed by atoms with E-state index in [0.29, 0.717) is 11.0 Å². The number of rotatable bonds is 1. The van der Waals surface area contributed by atoms with Gasteiger partial charge in [-0.2, -0.15) is 0 Å². The van der Waals surface area contributed by atoms with E-state index in [9.17, 15) is 0 Å². The van der Waals surface area contributed by atoms with Crippen LogP contribution in [0.4, 0.5) is 0 Å². The van der Waals surface area contributed by atoms with Gasteiger partial charge in [0.05, 0.1) is 5.15 Å². The number of oxazole rings is 1. The van der Waals surface area contributed by atoms with Gasteiger partial charge in [-0.25, -0.2) is 0 Å². The number of hydrogen-bond acceptors (Lipinski definition) is 2. The predicted molar refractivity (Wildman–Crippen MR) is 34.4 cm³/mol. The Balaban J connectivity index is 0.000000810. The van der Waals surface area contributed by atoms with Gasteiger partial charge in [0.1, 0.15) is 0 Å². The van der Waals surface area contributed by atoms with Crippen molar-refractivity contribution < 1.29 is 62.6 Å². The average molecular weight is 230 g/mol. The molecular weight excluding hydrogens is 223 g/mol. The summed E-state index contributed by atoms with van der Waals surface area (Å²) in [6, 6.07) is 0. The maximum atomic E-state index is 5.44. The van der Waals surface area contributed by atoms with Gasteiger partial charge in [-0.1, -0.05) is 25.4 Å². The van der Waals surface area contributed by atoms with Crippen molar-refractivity contribution in [3.8, 4) is 0 Å². The van der Waals surface area contributed by atoms with Crippen LogP contribution >= 0.6 is 11.6 Å². The molecule has 0 bridgehead atoms. The van der Waals surface area contributed by atoms with Gasteiger partial charge in [-0.15, -0.1) is 0 Å². The van der Waals surface area contributed by atoms with Crippen molar-refractivity contribution in [1.29, 1.82) is 0 Å². The first-order chi connectivity index (χ1) is 4.20. The minimum atomic E-state index is 0. The SMILES string of the molecule is CC(C)c1nc(Cl)[c-]o1.[Rb+]. The van der Waals surface area contributed by atoms with Crippen molar-refractivity contribution in [3.63, 3.8) is 0 Å². The number of halogens is 1. The summed E-state index contributed by atoms with van der Waals surface area (Å²) in [6.07, 6.45) is 2.43. The van der Waals surface area contributed by atoms with Crippen LogP contribution in [0.1, 0.15) is 25.7 Å². The molecule has 0 saturated heterocycles. The van der Waals surface area contributed by atoms with Crippen LogP contribution in [-0.4, -0.2) is 4.98 Å². The van der Waals surface area contributed by atoms with E-state index in [1.54, 1.807) is 0 Å². The van der Waals surface area contributed by atoms with E-state index in [0.717, 1.165) is 0 Å². The van der Waals surface area contributed by atoms with Gasteiger partial charge in [0.2, 0.25) is 0 Å². The second-order valence-corrected chi connectivity index (χ2v) is 2.46. The summed E-state index contributed by atoms with van der Waals surface area (Å²) in [7, 11) is 0. The first-order valence-electron chi connectivity index (χ1n) is 2.74. The maximum absolute atomic E-state index is 5.44. The second-order valence-electron chi connectivity index (χ2n) is 2.10. The molecule has 0 atom stereocenters. The molecular formula is C6H7ClNORb. The molecule has 1 heterocycles. The summed E-state index contributed by atoms with van der Waals surface area (Å²) in [5, 5.41) is 0.304. The monoisotopic (exact) mass is 229 g/mol. The normalized spacial score (nSPS) is 9.60. The largest absolute Gasteiger partial charge is 1.00 e. The van der Waals surface area contributed by atoms with Crippen molar-refractivity contribution >= 4 is 11.6 Å². The molecule has 0 N–H and O–H groups in total. The molecule has 0 saturated carbocycles. The molecule has 1 aromatic heterocycles. The summed E-state index contributed by atoms with van der Waals surface area (Å²) in [6.45, 7) is 3.96. The molecule has 0 spiro atoms. The molecule has 0 aliphatic heterocycles. The summed E-state index contributed by atoms with van der Waals surface area (Å²) in [5.41, 5.74) is 0. The fourth-order valence-corrected chi connectivity index (χ4v) is 0.606. The molecule has 1 rings (SSSR count). The van der Waals surface area contributed by atoms with Crippen molar-refractivity contribution in [1.82, 2.24) is 4.98 Å². The maximum Gasteiger partial charge on any atom is 1.00 e. The Hall–Kier alpha value is 1.31. The van der Waals surface area contributed by atoms with Crippen LogP contribution in [0.25, 0.3) is 0 Å². The van der Waals surface area contributed by atoms with E-state index in [-0.39, 0.29) is 64.1 Å². The zero-order valence-corrected chi connectivity index (χ0v) is 12.0. The van der Waals surface area contributed by atoms with Crippen LogP contribution in [0.2, 0.25) is 5.15 Å². The van der Waals surface area contributed by atoms with Gasteiger partial charge in [0.15, 0.2) is 0 Å². The Kier molecular flexibility index (Phi) is 5.70. The molecule has 0 aliphatic carbocycles. The third-order valence-electron chi connectivity index (χ3n) is 0.942. The quantitative estimate of drug-likeness (QED) is 0.593. The van der Waals surface area contributed by atoms with Crippen molar-refractivity contribution in [3.05, 3.63) is 17.3 Å². The van der Waals surface area contributed by atoms with Crippen molar-refractivity contribution in [2.45, 2.75) is 19.8 Å². The summed E-state index contributed by atoms with van der Waals surface area (Å²) < 4.78 is 4.86. The molecule has 0 amide bonds. The zero-order valence-electron chi connectivity index (χ0n) is 6.31. The minimum Gasteiger partial charge on any atom is -0.629 e. The topological polar surface area (TPSA) is 26.0 Å². The van der Waals surface area contributed by atoms with Crippen LogP contribution in [0.3, 0.4) is 0 Å². The molecule has 1 aromatic rings. The third kappa shape index (κ3) is 3.14. The van der Waals surface area contributed by atoms with Crippen LogP contribution in [0.5, 0.6) is 0 Å². The molecule has 4 heteroatoms. The predicted octanol–water partition coefficient (Wildman–Crippen LogP) is -0.744. The van der Waals surface area contributed by atoms with E-state index < -0.39 is 0 Å².